The van der Waals surface area contributed by atoms with Gasteiger partial charge in [0.2, 0.25) is 5.91 Å². The van der Waals surface area contributed by atoms with Crippen LogP contribution in [0.15, 0.2) is 34.9 Å². The zero-order valence-electron chi connectivity index (χ0n) is 12.6. The third-order valence-corrected chi connectivity index (χ3v) is 3.37. The number of carbonyl (C=O) groups excluding carboxylic acids is 1. The summed E-state index contributed by atoms with van der Waals surface area (Å²) in [5.41, 5.74) is 0.915. The van der Waals surface area contributed by atoms with Crippen molar-refractivity contribution in [1.82, 2.24) is 15.6 Å². The molecule has 0 fully saturated rings. The van der Waals surface area contributed by atoms with Crippen molar-refractivity contribution in [3.05, 3.63) is 41.4 Å². The zero-order chi connectivity index (χ0) is 15.8. The van der Waals surface area contributed by atoms with Crippen LogP contribution in [0.5, 0.6) is 0 Å². The molecule has 0 spiro atoms. The molecular formula is C16H20ClN3O2. The number of nitrogens with one attached hydrogen (secondary N) is 2. The summed E-state index contributed by atoms with van der Waals surface area (Å²) in [6.45, 7) is 4.35. The van der Waals surface area contributed by atoms with E-state index in [4.69, 9.17) is 16.0 Å². The first-order chi connectivity index (χ1) is 10.7. The second-order valence-electron chi connectivity index (χ2n) is 4.83. The minimum atomic E-state index is 0.00384. The van der Waals surface area contributed by atoms with E-state index in [1.165, 1.54) is 0 Å². The summed E-state index contributed by atoms with van der Waals surface area (Å²) < 4.78 is 5.66. The lowest BCUT2D eigenvalue weighted by Crippen LogP contribution is -2.31. The van der Waals surface area contributed by atoms with Crippen molar-refractivity contribution >= 4 is 17.5 Å². The van der Waals surface area contributed by atoms with Gasteiger partial charge in [-0.25, -0.2) is 4.98 Å². The number of hydrogen-bond donors (Lipinski definition) is 2. The molecule has 0 atom stereocenters. The van der Waals surface area contributed by atoms with E-state index in [1.54, 1.807) is 18.3 Å². The molecule has 0 aliphatic carbocycles. The molecule has 0 aliphatic heterocycles. The minimum Gasteiger partial charge on any atom is -0.441 e. The molecule has 0 saturated carbocycles. The topological polar surface area (TPSA) is 67.2 Å². The van der Waals surface area contributed by atoms with E-state index in [0.29, 0.717) is 36.1 Å². The van der Waals surface area contributed by atoms with Crippen molar-refractivity contribution in [2.75, 3.05) is 19.6 Å². The SMILES string of the molecule is CCNCCNC(=O)CCc1ncc(-c2ccc(Cl)cc2)o1. The van der Waals surface area contributed by atoms with E-state index in [0.717, 1.165) is 18.7 Å². The maximum atomic E-state index is 11.7. The third-order valence-electron chi connectivity index (χ3n) is 3.12. The molecule has 1 aromatic heterocycles. The number of carbonyl (C=O) groups is 1. The van der Waals surface area contributed by atoms with Crippen LogP contribution in [0.3, 0.4) is 0 Å². The number of aromatic nitrogens is 1. The van der Waals surface area contributed by atoms with Crippen LogP contribution in [0.1, 0.15) is 19.2 Å². The molecule has 0 bridgehead atoms. The Morgan fingerprint density at radius 2 is 2.05 bits per heavy atom. The first-order valence-corrected chi connectivity index (χ1v) is 7.75. The van der Waals surface area contributed by atoms with Gasteiger partial charge in [0.15, 0.2) is 11.7 Å². The number of amides is 1. The smallest absolute Gasteiger partial charge is 0.220 e. The Labute approximate surface area is 135 Å². The Morgan fingerprint density at radius 1 is 1.27 bits per heavy atom. The second-order valence-corrected chi connectivity index (χ2v) is 5.27. The van der Waals surface area contributed by atoms with Gasteiger partial charge in [-0.3, -0.25) is 4.79 Å². The van der Waals surface area contributed by atoms with Crippen LogP contribution in [0.25, 0.3) is 11.3 Å². The summed E-state index contributed by atoms with van der Waals surface area (Å²) in [6, 6.07) is 7.36. The number of benzene rings is 1. The largest absolute Gasteiger partial charge is 0.441 e. The predicted molar refractivity (Wildman–Crippen MR) is 86.8 cm³/mol. The van der Waals surface area contributed by atoms with Crippen molar-refractivity contribution < 1.29 is 9.21 Å². The van der Waals surface area contributed by atoms with Crippen LogP contribution < -0.4 is 10.6 Å². The number of aryl methyl sites for hydroxylation is 1. The molecule has 0 aliphatic rings. The van der Waals surface area contributed by atoms with Gasteiger partial charge >= 0.3 is 0 Å². The Morgan fingerprint density at radius 3 is 2.77 bits per heavy atom. The summed E-state index contributed by atoms with van der Waals surface area (Å²) in [7, 11) is 0. The highest BCUT2D eigenvalue weighted by molar-refractivity contribution is 6.30. The van der Waals surface area contributed by atoms with E-state index < -0.39 is 0 Å². The normalized spacial score (nSPS) is 10.6. The molecule has 1 aromatic carbocycles. The number of halogens is 1. The summed E-state index contributed by atoms with van der Waals surface area (Å²) in [6.07, 6.45) is 2.52. The van der Waals surface area contributed by atoms with Gasteiger partial charge in [-0.2, -0.15) is 0 Å². The number of oxazole rings is 1. The van der Waals surface area contributed by atoms with Crippen LogP contribution in [0.4, 0.5) is 0 Å². The Balaban J connectivity index is 1.79. The first kappa shape index (κ1) is 16.5. The molecular weight excluding hydrogens is 302 g/mol. The van der Waals surface area contributed by atoms with Crippen molar-refractivity contribution in [2.24, 2.45) is 0 Å². The van der Waals surface area contributed by atoms with Crippen LogP contribution in [-0.4, -0.2) is 30.5 Å². The van der Waals surface area contributed by atoms with Gasteiger partial charge in [-0.15, -0.1) is 0 Å². The van der Waals surface area contributed by atoms with Gasteiger partial charge in [0, 0.05) is 36.5 Å². The van der Waals surface area contributed by atoms with E-state index in [2.05, 4.69) is 15.6 Å². The van der Waals surface area contributed by atoms with Crippen molar-refractivity contribution in [2.45, 2.75) is 19.8 Å². The minimum absolute atomic E-state index is 0.00384. The summed E-state index contributed by atoms with van der Waals surface area (Å²) in [4.78, 5) is 15.9. The molecule has 1 amide bonds. The molecule has 0 radical (unpaired) electrons. The molecule has 22 heavy (non-hydrogen) atoms. The van der Waals surface area contributed by atoms with Crippen LogP contribution in [0.2, 0.25) is 5.02 Å². The van der Waals surface area contributed by atoms with Gasteiger partial charge in [0.1, 0.15) is 0 Å². The highest BCUT2D eigenvalue weighted by Crippen LogP contribution is 2.22. The Bertz CT molecular complexity index is 596. The molecule has 0 unspecified atom stereocenters. The second kappa shape index (κ2) is 8.56. The molecule has 2 N–H and O–H groups in total. The summed E-state index contributed by atoms with van der Waals surface area (Å²) >= 11 is 5.86. The number of nitrogens with zero attached hydrogens (tertiary/aromatic N) is 1. The fourth-order valence-electron chi connectivity index (χ4n) is 1.95. The highest BCUT2D eigenvalue weighted by Gasteiger charge is 2.08. The third kappa shape index (κ3) is 5.16. The quantitative estimate of drug-likeness (QED) is 0.734. The monoisotopic (exact) mass is 321 g/mol. The van der Waals surface area contributed by atoms with Crippen LogP contribution in [0, 0.1) is 0 Å². The Hall–Kier alpha value is -1.85. The molecule has 2 aromatic rings. The first-order valence-electron chi connectivity index (χ1n) is 7.37. The lowest BCUT2D eigenvalue weighted by Gasteiger charge is -2.04. The molecule has 1 heterocycles. The lowest BCUT2D eigenvalue weighted by atomic mass is 10.2. The fourth-order valence-corrected chi connectivity index (χ4v) is 2.08. The highest BCUT2D eigenvalue weighted by atomic mass is 35.5. The number of hydrogen-bond acceptors (Lipinski definition) is 4. The van der Waals surface area contributed by atoms with Crippen LogP contribution >= 0.6 is 11.6 Å². The summed E-state index contributed by atoms with van der Waals surface area (Å²) in [5.74, 6) is 1.25. The van der Waals surface area contributed by atoms with Gasteiger partial charge in [-0.1, -0.05) is 18.5 Å². The van der Waals surface area contributed by atoms with Crippen LogP contribution in [-0.2, 0) is 11.2 Å². The van der Waals surface area contributed by atoms with E-state index >= 15 is 0 Å². The number of likely N-dealkylation sites (N-methyl/N-ethyl adjacent to an activating group) is 1. The van der Waals surface area contributed by atoms with Crippen molar-refractivity contribution in [1.29, 1.82) is 0 Å². The molecule has 0 saturated heterocycles. The number of rotatable bonds is 8. The zero-order valence-corrected chi connectivity index (χ0v) is 13.3. The standard InChI is InChI=1S/C16H20ClN3O2/c1-2-18-9-10-19-15(21)7-8-16-20-11-14(22-16)12-3-5-13(17)6-4-12/h3-6,11,18H,2,7-10H2,1H3,(H,19,21). The Kier molecular flexibility index (Phi) is 6.43. The van der Waals surface area contributed by atoms with Gasteiger partial charge in [-0.05, 0) is 30.8 Å². The van der Waals surface area contributed by atoms with E-state index in [9.17, 15) is 4.79 Å². The average Bonchev–Trinajstić information content (AvgIpc) is 2.99. The fraction of sp³-hybridized carbons (Fsp3) is 0.375. The van der Waals surface area contributed by atoms with Gasteiger partial charge in [0.05, 0.1) is 6.20 Å². The van der Waals surface area contributed by atoms with Crippen molar-refractivity contribution in [3.63, 3.8) is 0 Å². The molecule has 6 heteroatoms. The predicted octanol–water partition coefficient (Wildman–Crippen LogP) is 2.65. The van der Waals surface area contributed by atoms with E-state index in [-0.39, 0.29) is 5.91 Å². The lowest BCUT2D eigenvalue weighted by molar-refractivity contribution is -0.121. The van der Waals surface area contributed by atoms with Gasteiger partial charge < -0.3 is 15.1 Å². The van der Waals surface area contributed by atoms with E-state index in [1.807, 2.05) is 19.1 Å². The molecule has 5 nitrogen and oxygen atoms in total. The molecule has 118 valence electrons. The maximum absolute atomic E-state index is 11.7. The molecule has 2 rings (SSSR count). The summed E-state index contributed by atoms with van der Waals surface area (Å²) in [5, 5.41) is 6.67. The van der Waals surface area contributed by atoms with Gasteiger partial charge in [0.25, 0.3) is 0 Å². The van der Waals surface area contributed by atoms with Crippen molar-refractivity contribution in [3.8, 4) is 11.3 Å². The average molecular weight is 322 g/mol. The maximum Gasteiger partial charge on any atom is 0.220 e.